The molecule has 0 radical (unpaired) electrons. The third kappa shape index (κ3) is 3.90. The maximum absolute atomic E-state index is 13.9. The molecule has 3 amide bonds. The van der Waals surface area contributed by atoms with Crippen molar-refractivity contribution in [3.05, 3.63) is 58.4 Å². The van der Waals surface area contributed by atoms with Crippen LogP contribution in [-0.2, 0) is 11.3 Å². The lowest BCUT2D eigenvalue weighted by Gasteiger charge is -2.34. The van der Waals surface area contributed by atoms with E-state index in [1.807, 2.05) is 0 Å². The molecule has 148 valence electrons. The Labute approximate surface area is 164 Å². The molecule has 2 atom stereocenters. The van der Waals surface area contributed by atoms with Crippen LogP contribution in [0.5, 0.6) is 0 Å². The Morgan fingerprint density at radius 3 is 2.89 bits per heavy atom. The second-order valence-electron chi connectivity index (χ2n) is 6.26. The van der Waals surface area contributed by atoms with Gasteiger partial charge in [-0.1, -0.05) is 17.7 Å². The number of carbonyl (C=O) groups is 2. The van der Waals surface area contributed by atoms with Gasteiger partial charge in [-0.15, -0.1) is 0 Å². The molecule has 0 bridgehead atoms. The summed E-state index contributed by atoms with van der Waals surface area (Å²) in [7, 11) is 0. The number of fused-ring (bicyclic) bond motifs is 1. The lowest BCUT2D eigenvalue weighted by atomic mass is 10.1. The van der Waals surface area contributed by atoms with E-state index in [2.05, 4.69) is 15.6 Å². The summed E-state index contributed by atoms with van der Waals surface area (Å²) in [5.74, 6) is -2.52. The Balaban J connectivity index is 1.76. The standard InChI is InChI=1S/C18H17ClF2N4O3/c1-9(25-7-11-12(19)3-2-4-14(11)24-18(25)28)17(27)23-15(8-26)16-13(21)5-10(20)6-22-16/h2-6,9,15,26H,7-8H2,1H3,(H,23,27)(H,24,28)/t9-,15+/m1/s1. The maximum atomic E-state index is 13.9. The van der Waals surface area contributed by atoms with Crippen LogP contribution in [0.15, 0.2) is 30.5 Å². The Kier molecular flexibility index (Phi) is 5.76. The van der Waals surface area contributed by atoms with Gasteiger partial charge in [0.15, 0.2) is 0 Å². The Bertz CT molecular complexity index is 928. The highest BCUT2D eigenvalue weighted by Gasteiger charge is 2.32. The summed E-state index contributed by atoms with van der Waals surface area (Å²) in [6, 6.07) is 3.03. The normalized spacial score (nSPS) is 15.5. The van der Waals surface area contributed by atoms with Crippen LogP contribution in [0.4, 0.5) is 19.3 Å². The average molecular weight is 411 g/mol. The van der Waals surface area contributed by atoms with Gasteiger partial charge in [0.25, 0.3) is 0 Å². The fourth-order valence-corrected chi connectivity index (χ4v) is 3.13. The summed E-state index contributed by atoms with van der Waals surface area (Å²) in [4.78, 5) is 29.8. The Hall–Kier alpha value is -2.78. The molecule has 0 spiro atoms. The third-order valence-corrected chi connectivity index (χ3v) is 4.82. The number of hydrogen-bond donors (Lipinski definition) is 3. The number of carbonyl (C=O) groups excluding carboxylic acids is 2. The van der Waals surface area contributed by atoms with Gasteiger partial charge in [0.05, 0.1) is 25.4 Å². The zero-order valence-electron chi connectivity index (χ0n) is 14.7. The predicted octanol–water partition coefficient (Wildman–Crippen LogP) is 2.60. The van der Waals surface area contributed by atoms with E-state index in [1.54, 1.807) is 18.2 Å². The van der Waals surface area contributed by atoms with Crippen molar-refractivity contribution in [1.82, 2.24) is 15.2 Å². The number of urea groups is 1. The van der Waals surface area contributed by atoms with E-state index in [4.69, 9.17) is 11.6 Å². The molecular weight excluding hydrogens is 394 g/mol. The third-order valence-electron chi connectivity index (χ3n) is 4.46. The summed E-state index contributed by atoms with van der Waals surface area (Å²) >= 11 is 6.16. The van der Waals surface area contributed by atoms with Crippen LogP contribution in [0, 0.1) is 11.6 Å². The molecule has 0 saturated heterocycles. The predicted molar refractivity (Wildman–Crippen MR) is 97.6 cm³/mol. The molecule has 0 unspecified atom stereocenters. The first-order valence-electron chi connectivity index (χ1n) is 8.39. The zero-order chi connectivity index (χ0) is 20.4. The number of halogens is 3. The first-order valence-corrected chi connectivity index (χ1v) is 8.76. The Morgan fingerprint density at radius 2 is 2.21 bits per heavy atom. The van der Waals surface area contributed by atoms with Crippen LogP contribution in [0.3, 0.4) is 0 Å². The van der Waals surface area contributed by atoms with Crippen molar-refractivity contribution in [1.29, 1.82) is 0 Å². The van der Waals surface area contributed by atoms with Gasteiger partial charge < -0.3 is 20.6 Å². The molecule has 0 aliphatic carbocycles. The minimum absolute atomic E-state index is 0.0996. The summed E-state index contributed by atoms with van der Waals surface area (Å²) in [6.45, 7) is 0.927. The minimum atomic E-state index is -1.20. The lowest BCUT2D eigenvalue weighted by Crippen LogP contribution is -2.51. The second kappa shape index (κ2) is 8.07. The van der Waals surface area contributed by atoms with Crippen molar-refractivity contribution < 1.29 is 23.5 Å². The van der Waals surface area contributed by atoms with Gasteiger partial charge in [-0.3, -0.25) is 9.78 Å². The molecule has 10 heteroatoms. The molecule has 1 aromatic heterocycles. The van der Waals surface area contributed by atoms with Gasteiger partial charge >= 0.3 is 6.03 Å². The molecule has 2 heterocycles. The van der Waals surface area contributed by atoms with Crippen molar-refractivity contribution in [3.8, 4) is 0 Å². The molecule has 3 N–H and O–H groups in total. The van der Waals surface area contributed by atoms with Crippen LogP contribution >= 0.6 is 11.6 Å². The van der Waals surface area contributed by atoms with Gasteiger partial charge in [0.2, 0.25) is 5.91 Å². The SMILES string of the molecule is C[C@H](C(=O)N[C@@H](CO)c1ncc(F)cc1F)N1Cc2c(Cl)cccc2NC1=O. The number of hydrogen-bond acceptors (Lipinski definition) is 4. The first-order chi connectivity index (χ1) is 13.3. The van der Waals surface area contributed by atoms with Gasteiger partial charge in [0.1, 0.15) is 23.4 Å². The lowest BCUT2D eigenvalue weighted by molar-refractivity contribution is -0.126. The van der Waals surface area contributed by atoms with Crippen molar-refractivity contribution >= 4 is 29.2 Å². The quantitative estimate of drug-likeness (QED) is 0.706. The highest BCUT2D eigenvalue weighted by molar-refractivity contribution is 6.32. The van der Waals surface area contributed by atoms with E-state index in [0.29, 0.717) is 22.3 Å². The van der Waals surface area contributed by atoms with Crippen LogP contribution in [0.2, 0.25) is 5.02 Å². The van der Waals surface area contributed by atoms with E-state index >= 15 is 0 Å². The molecule has 3 rings (SSSR count). The summed E-state index contributed by atoms with van der Waals surface area (Å²) in [5, 5.41) is 15.0. The molecule has 1 aliphatic heterocycles. The minimum Gasteiger partial charge on any atom is -0.394 e. The van der Waals surface area contributed by atoms with Gasteiger partial charge in [-0.25, -0.2) is 13.6 Å². The highest BCUT2D eigenvalue weighted by atomic mass is 35.5. The number of nitrogens with one attached hydrogen (secondary N) is 2. The average Bonchev–Trinajstić information content (AvgIpc) is 2.65. The van der Waals surface area contributed by atoms with Crippen LogP contribution in [-0.4, -0.2) is 39.6 Å². The molecule has 1 aliphatic rings. The van der Waals surface area contributed by atoms with Gasteiger partial charge in [0, 0.05) is 22.3 Å². The summed E-state index contributed by atoms with van der Waals surface area (Å²) in [5.41, 5.74) is 0.918. The monoisotopic (exact) mass is 410 g/mol. The van der Waals surface area contributed by atoms with Crippen molar-refractivity contribution in [2.45, 2.75) is 25.6 Å². The molecule has 2 aromatic rings. The number of benzene rings is 1. The molecule has 0 saturated carbocycles. The van der Waals surface area contributed by atoms with Crippen LogP contribution in [0.1, 0.15) is 24.2 Å². The van der Waals surface area contributed by atoms with E-state index in [9.17, 15) is 23.5 Å². The van der Waals surface area contributed by atoms with Crippen LogP contribution in [0.25, 0.3) is 0 Å². The molecule has 28 heavy (non-hydrogen) atoms. The van der Waals surface area contributed by atoms with E-state index in [0.717, 1.165) is 6.20 Å². The second-order valence-corrected chi connectivity index (χ2v) is 6.67. The number of aromatic nitrogens is 1. The van der Waals surface area contributed by atoms with E-state index < -0.39 is 42.3 Å². The van der Waals surface area contributed by atoms with Crippen molar-refractivity contribution in [3.63, 3.8) is 0 Å². The van der Waals surface area contributed by atoms with E-state index in [-0.39, 0.29) is 12.2 Å². The number of anilines is 1. The number of rotatable bonds is 5. The number of amides is 3. The first kappa shape index (κ1) is 20.0. The molecule has 0 fully saturated rings. The smallest absolute Gasteiger partial charge is 0.322 e. The largest absolute Gasteiger partial charge is 0.394 e. The molecule has 7 nitrogen and oxygen atoms in total. The number of aliphatic hydroxyl groups is 1. The number of aliphatic hydroxyl groups excluding tert-OH is 1. The summed E-state index contributed by atoms with van der Waals surface area (Å²) < 4.78 is 26.9. The maximum Gasteiger partial charge on any atom is 0.322 e. The van der Waals surface area contributed by atoms with E-state index in [1.165, 1.54) is 11.8 Å². The van der Waals surface area contributed by atoms with Crippen molar-refractivity contribution in [2.24, 2.45) is 0 Å². The highest BCUT2D eigenvalue weighted by Crippen LogP contribution is 2.30. The molecular formula is C18H17ClF2N4O3. The summed E-state index contributed by atoms with van der Waals surface area (Å²) in [6.07, 6.45) is 0.785. The zero-order valence-corrected chi connectivity index (χ0v) is 15.5. The van der Waals surface area contributed by atoms with Crippen LogP contribution < -0.4 is 10.6 Å². The fraction of sp³-hybridized carbons (Fsp3) is 0.278. The van der Waals surface area contributed by atoms with Crippen molar-refractivity contribution in [2.75, 3.05) is 11.9 Å². The molecule has 1 aromatic carbocycles. The topological polar surface area (TPSA) is 94.6 Å². The number of nitrogens with zero attached hydrogens (tertiary/aromatic N) is 2. The van der Waals surface area contributed by atoms with Gasteiger partial charge in [-0.05, 0) is 19.1 Å². The number of pyridine rings is 1. The Morgan fingerprint density at radius 1 is 1.46 bits per heavy atom. The fourth-order valence-electron chi connectivity index (χ4n) is 2.89. The van der Waals surface area contributed by atoms with Gasteiger partial charge in [-0.2, -0.15) is 0 Å².